The van der Waals surface area contributed by atoms with Crippen molar-refractivity contribution in [2.24, 2.45) is 0 Å². The van der Waals surface area contributed by atoms with E-state index in [0.717, 1.165) is 11.1 Å². The molecule has 3 amide bonds. The lowest BCUT2D eigenvalue weighted by molar-refractivity contribution is -0.143. The van der Waals surface area contributed by atoms with Crippen LogP contribution in [0, 0.1) is 6.92 Å². The molecule has 0 fully saturated rings. The Morgan fingerprint density at radius 2 is 1.61 bits per heavy atom. The number of amides is 3. The summed E-state index contributed by atoms with van der Waals surface area (Å²) in [6, 6.07) is 14.6. The number of ether oxygens (including phenoxy) is 2. The summed E-state index contributed by atoms with van der Waals surface area (Å²) in [4.78, 5) is 53.0. The molecule has 0 aliphatic rings. The van der Waals surface area contributed by atoms with Crippen molar-refractivity contribution in [2.45, 2.75) is 65.1 Å². The largest absolute Gasteiger partial charge is 0.466 e. The first kappa shape index (κ1) is 30.3. The predicted molar refractivity (Wildman–Crippen MR) is 144 cm³/mol. The number of alkyl carbamates (subject to hydrolysis) is 1. The summed E-state index contributed by atoms with van der Waals surface area (Å²) < 4.78 is 10.3. The molecule has 0 bridgehead atoms. The van der Waals surface area contributed by atoms with Crippen LogP contribution >= 0.6 is 0 Å². The van der Waals surface area contributed by atoms with E-state index in [2.05, 4.69) is 10.6 Å². The van der Waals surface area contributed by atoms with Crippen LogP contribution in [-0.2, 0) is 30.3 Å². The molecule has 2 rings (SSSR count). The molecule has 0 radical (unpaired) electrons. The van der Waals surface area contributed by atoms with Crippen LogP contribution in [0.3, 0.4) is 0 Å². The van der Waals surface area contributed by atoms with E-state index in [0.29, 0.717) is 5.56 Å². The quantitative estimate of drug-likeness (QED) is 0.433. The number of esters is 1. The molecular weight excluding hydrogens is 486 g/mol. The van der Waals surface area contributed by atoms with Crippen molar-refractivity contribution >= 4 is 23.9 Å². The Morgan fingerprint density at radius 1 is 0.974 bits per heavy atom. The van der Waals surface area contributed by atoms with Crippen LogP contribution < -0.4 is 10.6 Å². The second-order valence-corrected chi connectivity index (χ2v) is 9.94. The normalized spacial score (nSPS) is 12.6. The molecule has 9 heteroatoms. The van der Waals surface area contributed by atoms with Crippen molar-refractivity contribution in [1.29, 1.82) is 0 Å². The number of nitrogens with one attached hydrogen (secondary N) is 2. The SMILES string of the molecule is CCOC(=O)CCNC(=O)C(c1ccccc1C)N(C)C(=O)C(Cc1ccccc1)NC(=O)OC(C)(C)C. The van der Waals surface area contributed by atoms with Crippen LogP contribution in [0.2, 0.25) is 0 Å². The maximum Gasteiger partial charge on any atom is 0.408 e. The molecular formula is C29H39N3O6. The van der Waals surface area contributed by atoms with Gasteiger partial charge in [0.25, 0.3) is 0 Å². The molecule has 38 heavy (non-hydrogen) atoms. The fraction of sp³-hybridized carbons (Fsp3) is 0.448. The van der Waals surface area contributed by atoms with Gasteiger partial charge >= 0.3 is 12.1 Å². The van der Waals surface area contributed by atoms with Crippen LogP contribution in [0.4, 0.5) is 4.79 Å². The molecule has 0 aliphatic carbocycles. The molecule has 0 heterocycles. The Bertz CT molecular complexity index is 1100. The first-order valence-electron chi connectivity index (χ1n) is 12.7. The van der Waals surface area contributed by atoms with Gasteiger partial charge in [0.1, 0.15) is 17.7 Å². The number of hydrogen-bond donors (Lipinski definition) is 2. The van der Waals surface area contributed by atoms with Crippen LogP contribution in [0.5, 0.6) is 0 Å². The molecule has 9 nitrogen and oxygen atoms in total. The third kappa shape index (κ3) is 9.53. The zero-order chi connectivity index (χ0) is 28.3. The average Bonchev–Trinajstić information content (AvgIpc) is 2.84. The number of benzene rings is 2. The van der Waals surface area contributed by atoms with Gasteiger partial charge in [0.2, 0.25) is 11.8 Å². The highest BCUT2D eigenvalue weighted by molar-refractivity contribution is 5.92. The van der Waals surface area contributed by atoms with Gasteiger partial charge in [-0.05, 0) is 51.3 Å². The summed E-state index contributed by atoms with van der Waals surface area (Å²) in [5, 5.41) is 5.44. The lowest BCUT2D eigenvalue weighted by Crippen LogP contribution is -2.52. The Kier molecular flexibility index (Phi) is 11.3. The molecule has 2 aromatic rings. The molecule has 2 atom stereocenters. The minimum atomic E-state index is -0.996. The highest BCUT2D eigenvalue weighted by Gasteiger charge is 2.34. The number of hydrogen-bond acceptors (Lipinski definition) is 6. The van der Waals surface area contributed by atoms with Gasteiger partial charge in [-0.25, -0.2) is 4.79 Å². The van der Waals surface area contributed by atoms with E-state index < -0.39 is 41.6 Å². The summed E-state index contributed by atoms with van der Waals surface area (Å²) in [5.74, 6) is -1.34. The molecule has 0 aromatic heterocycles. The van der Waals surface area contributed by atoms with E-state index in [4.69, 9.17) is 9.47 Å². The van der Waals surface area contributed by atoms with E-state index in [-0.39, 0.29) is 26.0 Å². The Morgan fingerprint density at radius 3 is 2.21 bits per heavy atom. The zero-order valence-electron chi connectivity index (χ0n) is 23.1. The molecule has 0 aliphatic heterocycles. The summed E-state index contributed by atoms with van der Waals surface area (Å²) in [6.07, 6.45) is -0.519. The average molecular weight is 526 g/mol. The van der Waals surface area contributed by atoms with Crippen LogP contribution in [0.25, 0.3) is 0 Å². The van der Waals surface area contributed by atoms with Gasteiger partial charge in [-0.2, -0.15) is 0 Å². The number of likely N-dealkylation sites (N-methyl/N-ethyl adjacent to an activating group) is 1. The Balaban J connectivity index is 2.34. The Labute approximate surface area is 224 Å². The van der Waals surface area contributed by atoms with Gasteiger partial charge in [0.05, 0.1) is 13.0 Å². The number of nitrogens with zero attached hydrogens (tertiary/aromatic N) is 1. The monoisotopic (exact) mass is 525 g/mol. The first-order chi connectivity index (χ1) is 17.9. The maximum absolute atomic E-state index is 13.8. The number of aryl methyl sites for hydroxylation is 1. The highest BCUT2D eigenvalue weighted by Crippen LogP contribution is 2.24. The van der Waals surface area contributed by atoms with E-state index in [9.17, 15) is 19.2 Å². The molecule has 2 N–H and O–H groups in total. The van der Waals surface area contributed by atoms with Gasteiger partial charge in [-0.1, -0.05) is 54.6 Å². The molecule has 2 unspecified atom stereocenters. The third-order valence-electron chi connectivity index (χ3n) is 5.67. The minimum Gasteiger partial charge on any atom is -0.466 e. The molecule has 0 saturated carbocycles. The summed E-state index contributed by atoms with van der Waals surface area (Å²) in [7, 11) is 1.53. The smallest absolute Gasteiger partial charge is 0.408 e. The fourth-order valence-corrected chi connectivity index (χ4v) is 3.91. The lowest BCUT2D eigenvalue weighted by Gasteiger charge is -2.32. The molecule has 0 spiro atoms. The molecule has 2 aromatic carbocycles. The maximum atomic E-state index is 13.8. The first-order valence-corrected chi connectivity index (χ1v) is 12.7. The van der Waals surface area contributed by atoms with Crippen LogP contribution in [0.15, 0.2) is 54.6 Å². The van der Waals surface area contributed by atoms with Gasteiger partial charge in [0, 0.05) is 20.0 Å². The fourth-order valence-electron chi connectivity index (χ4n) is 3.91. The van der Waals surface area contributed by atoms with Crippen molar-refractivity contribution in [1.82, 2.24) is 15.5 Å². The number of carbonyl (C=O) groups is 4. The predicted octanol–water partition coefficient (Wildman–Crippen LogP) is 3.70. The van der Waals surface area contributed by atoms with Gasteiger partial charge in [-0.3, -0.25) is 14.4 Å². The van der Waals surface area contributed by atoms with Crippen LogP contribution in [0.1, 0.15) is 56.8 Å². The lowest BCUT2D eigenvalue weighted by atomic mass is 9.97. The van der Waals surface area contributed by atoms with Crippen LogP contribution in [-0.4, -0.2) is 60.6 Å². The van der Waals surface area contributed by atoms with E-state index in [1.807, 2.05) is 49.4 Å². The van der Waals surface area contributed by atoms with Crippen molar-refractivity contribution in [3.05, 3.63) is 71.3 Å². The number of carbonyl (C=O) groups excluding carboxylic acids is 4. The van der Waals surface area contributed by atoms with Crippen molar-refractivity contribution in [2.75, 3.05) is 20.2 Å². The molecule has 206 valence electrons. The second-order valence-electron chi connectivity index (χ2n) is 9.94. The van der Waals surface area contributed by atoms with E-state index >= 15 is 0 Å². The van der Waals surface area contributed by atoms with Crippen molar-refractivity contribution in [3.8, 4) is 0 Å². The Hall–Kier alpha value is -3.88. The summed E-state index contributed by atoms with van der Waals surface area (Å²) >= 11 is 0. The standard InChI is InChI=1S/C29H39N3O6/c1-7-37-24(33)17-18-30-26(34)25(22-16-12-11-13-20(22)2)32(6)27(35)23(19-21-14-9-8-10-15-21)31-28(36)38-29(3,4)5/h8-16,23,25H,7,17-19H2,1-6H3,(H,30,34)(H,31,36). The van der Waals surface area contributed by atoms with Crippen molar-refractivity contribution < 1.29 is 28.7 Å². The topological polar surface area (TPSA) is 114 Å². The summed E-state index contributed by atoms with van der Waals surface area (Å²) in [5.41, 5.74) is 1.53. The van der Waals surface area contributed by atoms with Gasteiger partial charge < -0.3 is 25.0 Å². The third-order valence-corrected chi connectivity index (χ3v) is 5.67. The van der Waals surface area contributed by atoms with Crippen molar-refractivity contribution in [3.63, 3.8) is 0 Å². The minimum absolute atomic E-state index is 0.00850. The zero-order valence-corrected chi connectivity index (χ0v) is 23.1. The van der Waals surface area contributed by atoms with E-state index in [1.54, 1.807) is 39.8 Å². The second kappa shape index (κ2) is 14.2. The van der Waals surface area contributed by atoms with Gasteiger partial charge in [-0.15, -0.1) is 0 Å². The summed E-state index contributed by atoms with van der Waals surface area (Å²) in [6.45, 7) is 9.09. The van der Waals surface area contributed by atoms with Gasteiger partial charge in [0.15, 0.2) is 0 Å². The number of rotatable bonds is 11. The molecule has 0 saturated heterocycles. The highest BCUT2D eigenvalue weighted by atomic mass is 16.6. The van der Waals surface area contributed by atoms with E-state index in [1.165, 1.54) is 11.9 Å².